The number of carbonyl (C=O) groups is 1. The molecule has 2 aromatic rings. The summed E-state index contributed by atoms with van der Waals surface area (Å²) < 4.78 is 5.71. The van der Waals surface area contributed by atoms with Gasteiger partial charge in [0.15, 0.2) is 0 Å². The van der Waals surface area contributed by atoms with E-state index in [2.05, 4.69) is 66.9 Å². The number of carbonyl (C=O) groups excluding carboxylic acids is 1. The number of methoxy groups -OCH3 is 1. The normalized spacial score (nSPS) is 23.7. The van der Waals surface area contributed by atoms with Crippen LogP contribution in [0.1, 0.15) is 55.8 Å². The molecule has 0 saturated carbocycles. The first-order valence-corrected chi connectivity index (χ1v) is 11.5. The van der Waals surface area contributed by atoms with Gasteiger partial charge in [0.1, 0.15) is 5.75 Å². The SMILES string of the molecule is COc1cc2c(cc1CNC1CCC(C(C)C)NC1c1ccccc1)N(C)C(=O)CC2. The average Bonchev–Trinajstić information content (AvgIpc) is 2.80. The molecule has 0 aliphatic carbocycles. The molecular weight excluding hydrogens is 386 g/mol. The Hall–Kier alpha value is -2.37. The van der Waals surface area contributed by atoms with Gasteiger partial charge < -0.3 is 20.3 Å². The van der Waals surface area contributed by atoms with Crippen LogP contribution < -0.4 is 20.3 Å². The van der Waals surface area contributed by atoms with Crippen LogP contribution >= 0.6 is 0 Å². The summed E-state index contributed by atoms with van der Waals surface area (Å²) in [5, 5.41) is 7.71. The first kappa shape index (κ1) is 21.8. The minimum Gasteiger partial charge on any atom is -0.496 e. The second-order valence-corrected chi connectivity index (χ2v) is 9.22. The highest BCUT2D eigenvalue weighted by atomic mass is 16.5. The van der Waals surface area contributed by atoms with E-state index in [1.807, 2.05) is 7.05 Å². The number of hydrogen-bond acceptors (Lipinski definition) is 4. The number of nitrogens with one attached hydrogen (secondary N) is 2. The Bertz CT molecular complexity index is 912. The molecule has 1 amide bonds. The molecule has 2 aromatic carbocycles. The van der Waals surface area contributed by atoms with Crippen molar-refractivity contribution in [2.24, 2.45) is 5.92 Å². The van der Waals surface area contributed by atoms with Crippen molar-refractivity contribution in [2.75, 3.05) is 19.1 Å². The van der Waals surface area contributed by atoms with Crippen molar-refractivity contribution in [1.29, 1.82) is 0 Å². The Kier molecular flexibility index (Phi) is 6.63. The van der Waals surface area contributed by atoms with Crippen molar-refractivity contribution in [1.82, 2.24) is 10.6 Å². The van der Waals surface area contributed by atoms with E-state index >= 15 is 0 Å². The molecule has 0 bridgehead atoms. The molecule has 1 saturated heterocycles. The van der Waals surface area contributed by atoms with Gasteiger partial charge in [-0.3, -0.25) is 4.79 Å². The van der Waals surface area contributed by atoms with Crippen molar-refractivity contribution < 1.29 is 9.53 Å². The number of hydrogen-bond donors (Lipinski definition) is 2. The molecular formula is C26H35N3O2. The van der Waals surface area contributed by atoms with Crippen molar-refractivity contribution in [3.63, 3.8) is 0 Å². The molecule has 2 aliphatic rings. The largest absolute Gasteiger partial charge is 0.496 e. The lowest BCUT2D eigenvalue weighted by atomic mass is 9.85. The summed E-state index contributed by atoms with van der Waals surface area (Å²) in [7, 11) is 3.59. The third-order valence-corrected chi connectivity index (χ3v) is 6.93. The lowest BCUT2D eigenvalue weighted by Gasteiger charge is -2.40. The Balaban J connectivity index is 1.55. The van der Waals surface area contributed by atoms with Gasteiger partial charge in [-0.05, 0) is 48.4 Å². The number of aryl methyl sites for hydroxylation is 1. The van der Waals surface area contributed by atoms with Crippen molar-refractivity contribution in [2.45, 2.75) is 64.2 Å². The standard InChI is InChI=1S/C26H35N3O2/c1-17(2)21-11-12-22(26(28-21)18-8-6-5-7-9-18)27-16-20-14-23-19(15-24(20)31-4)10-13-25(30)29(23)3/h5-9,14-15,17,21-22,26-28H,10-13,16H2,1-4H3. The van der Waals surface area contributed by atoms with Crippen LogP contribution in [-0.2, 0) is 17.8 Å². The summed E-state index contributed by atoms with van der Waals surface area (Å²) in [4.78, 5) is 14.0. The summed E-state index contributed by atoms with van der Waals surface area (Å²) in [6.07, 6.45) is 3.63. The maximum absolute atomic E-state index is 12.2. The van der Waals surface area contributed by atoms with E-state index in [-0.39, 0.29) is 11.9 Å². The highest BCUT2D eigenvalue weighted by Gasteiger charge is 2.32. The van der Waals surface area contributed by atoms with E-state index in [0.717, 1.165) is 36.3 Å². The maximum Gasteiger partial charge on any atom is 0.227 e. The molecule has 5 heteroatoms. The fourth-order valence-electron chi connectivity index (χ4n) is 4.97. The number of ether oxygens (including phenoxy) is 1. The summed E-state index contributed by atoms with van der Waals surface area (Å²) in [6.45, 7) is 5.30. The van der Waals surface area contributed by atoms with E-state index in [1.165, 1.54) is 11.1 Å². The lowest BCUT2D eigenvalue weighted by molar-refractivity contribution is -0.118. The summed E-state index contributed by atoms with van der Waals surface area (Å²) >= 11 is 0. The van der Waals surface area contributed by atoms with Gasteiger partial charge in [0.25, 0.3) is 0 Å². The van der Waals surface area contributed by atoms with Crippen LogP contribution in [0.4, 0.5) is 5.69 Å². The minimum atomic E-state index is 0.178. The molecule has 1 fully saturated rings. The van der Waals surface area contributed by atoms with Crippen molar-refractivity contribution in [3.8, 4) is 5.75 Å². The molecule has 3 atom stereocenters. The van der Waals surface area contributed by atoms with Gasteiger partial charge >= 0.3 is 0 Å². The zero-order valence-corrected chi connectivity index (χ0v) is 19.2. The highest BCUT2D eigenvalue weighted by molar-refractivity contribution is 5.96. The molecule has 0 spiro atoms. The number of anilines is 1. The molecule has 3 unspecified atom stereocenters. The van der Waals surface area contributed by atoms with Gasteiger partial charge in [-0.2, -0.15) is 0 Å². The summed E-state index contributed by atoms with van der Waals surface area (Å²) in [6, 6.07) is 16.1. The van der Waals surface area contributed by atoms with Crippen LogP contribution in [0.5, 0.6) is 5.75 Å². The third kappa shape index (κ3) is 4.63. The molecule has 2 N–H and O–H groups in total. The molecule has 2 aliphatic heterocycles. The van der Waals surface area contributed by atoms with Crippen LogP contribution in [0.25, 0.3) is 0 Å². The molecule has 0 radical (unpaired) electrons. The number of benzene rings is 2. The molecule has 166 valence electrons. The quantitative estimate of drug-likeness (QED) is 0.734. The van der Waals surface area contributed by atoms with E-state index in [4.69, 9.17) is 4.74 Å². The number of amides is 1. The van der Waals surface area contributed by atoms with Crippen LogP contribution in [0, 0.1) is 5.92 Å². The fraction of sp³-hybridized carbons (Fsp3) is 0.500. The Labute approximate surface area is 186 Å². The first-order valence-electron chi connectivity index (χ1n) is 11.5. The molecule has 0 aromatic heterocycles. The highest BCUT2D eigenvalue weighted by Crippen LogP contribution is 2.34. The van der Waals surface area contributed by atoms with Crippen molar-refractivity contribution in [3.05, 3.63) is 59.2 Å². The number of fused-ring (bicyclic) bond motifs is 1. The van der Waals surface area contributed by atoms with Gasteiger partial charge in [0.05, 0.1) is 7.11 Å². The van der Waals surface area contributed by atoms with E-state index in [1.54, 1.807) is 12.0 Å². The summed E-state index contributed by atoms with van der Waals surface area (Å²) in [5.74, 6) is 1.69. The molecule has 2 heterocycles. The predicted octanol–water partition coefficient (Wildman–Crippen LogP) is 4.21. The van der Waals surface area contributed by atoms with Crippen molar-refractivity contribution >= 4 is 11.6 Å². The van der Waals surface area contributed by atoms with Gasteiger partial charge in [0, 0.05) is 49.4 Å². The van der Waals surface area contributed by atoms with E-state index < -0.39 is 0 Å². The van der Waals surface area contributed by atoms with Gasteiger partial charge in [0.2, 0.25) is 5.91 Å². The lowest BCUT2D eigenvalue weighted by Crippen LogP contribution is -2.51. The van der Waals surface area contributed by atoms with E-state index in [0.29, 0.717) is 31.0 Å². The smallest absolute Gasteiger partial charge is 0.227 e. The van der Waals surface area contributed by atoms with Gasteiger partial charge in [-0.15, -0.1) is 0 Å². The number of nitrogens with zero attached hydrogens (tertiary/aromatic N) is 1. The minimum absolute atomic E-state index is 0.178. The molecule has 4 rings (SSSR count). The first-order chi connectivity index (χ1) is 15.0. The van der Waals surface area contributed by atoms with E-state index in [9.17, 15) is 4.79 Å². The zero-order valence-electron chi connectivity index (χ0n) is 19.2. The average molecular weight is 422 g/mol. The monoisotopic (exact) mass is 421 g/mol. The topological polar surface area (TPSA) is 53.6 Å². The van der Waals surface area contributed by atoms with Gasteiger partial charge in [-0.25, -0.2) is 0 Å². The second-order valence-electron chi connectivity index (χ2n) is 9.22. The third-order valence-electron chi connectivity index (χ3n) is 6.93. The number of rotatable bonds is 6. The van der Waals surface area contributed by atoms with Crippen LogP contribution in [0.2, 0.25) is 0 Å². The van der Waals surface area contributed by atoms with Crippen LogP contribution in [0.3, 0.4) is 0 Å². The zero-order chi connectivity index (χ0) is 22.0. The second kappa shape index (κ2) is 9.41. The molecule has 5 nitrogen and oxygen atoms in total. The Morgan fingerprint density at radius 1 is 1.16 bits per heavy atom. The summed E-state index contributed by atoms with van der Waals surface area (Å²) in [5.41, 5.74) is 4.62. The van der Waals surface area contributed by atoms with Crippen LogP contribution in [0.15, 0.2) is 42.5 Å². The maximum atomic E-state index is 12.2. The fourth-order valence-corrected chi connectivity index (χ4v) is 4.97. The molecule has 31 heavy (non-hydrogen) atoms. The predicted molar refractivity (Wildman–Crippen MR) is 126 cm³/mol. The Morgan fingerprint density at radius 2 is 1.94 bits per heavy atom. The van der Waals surface area contributed by atoms with Crippen LogP contribution in [-0.4, -0.2) is 32.1 Å². The number of piperidine rings is 1. The van der Waals surface area contributed by atoms with Gasteiger partial charge in [-0.1, -0.05) is 44.2 Å². The Morgan fingerprint density at radius 3 is 2.65 bits per heavy atom.